The molecule has 1 saturated heterocycles. The average molecular weight is 279 g/mol. The number of rotatable bonds is 5. The number of aliphatic hydroxyl groups is 1. The number of carbonyl (C=O) groups excluding carboxylic acids is 1. The van der Waals surface area contributed by atoms with E-state index in [0.29, 0.717) is 31.9 Å². The van der Waals surface area contributed by atoms with Crippen LogP contribution in [0.15, 0.2) is 18.3 Å². The van der Waals surface area contributed by atoms with E-state index >= 15 is 0 Å². The molecule has 0 spiro atoms. The van der Waals surface area contributed by atoms with E-state index < -0.39 is 0 Å². The molecule has 6 nitrogen and oxygen atoms in total. The van der Waals surface area contributed by atoms with Gasteiger partial charge >= 0.3 is 0 Å². The lowest BCUT2D eigenvalue weighted by atomic mass is 10.2. The number of amides is 1. The molecule has 0 unspecified atom stereocenters. The van der Waals surface area contributed by atoms with Crippen LogP contribution in [-0.2, 0) is 4.74 Å². The predicted octanol–water partition coefficient (Wildman–Crippen LogP) is 0.373. The third-order valence-electron chi connectivity index (χ3n) is 3.37. The standard InChI is InChI=1S/C14H21N3O3/c1-2-16(5-8-18)14(19)12-3-4-13(15-11-12)17-6-9-20-10-7-17/h3-4,11,18H,2,5-10H2,1H3. The van der Waals surface area contributed by atoms with E-state index in [1.165, 1.54) is 0 Å². The molecule has 0 atom stereocenters. The molecule has 1 aliphatic rings. The first-order valence-corrected chi connectivity index (χ1v) is 6.95. The van der Waals surface area contributed by atoms with E-state index in [1.54, 1.807) is 17.2 Å². The smallest absolute Gasteiger partial charge is 0.255 e. The van der Waals surface area contributed by atoms with Gasteiger partial charge in [0.15, 0.2) is 0 Å². The Balaban J connectivity index is 2.05. The fourth-order valence-corrected chi connectivity index (χ4v) is 2.20. The Labute approximate surface area is 119 Å². The third-order valence-corrected chi connectivity index (χ3v) is 3.37. The van der Waals surface area contributed by atoms with Gasteiger partial charge in [-0.2, -0.15) is 0 Å². The quantitative estimate of drug-likeness (QED) is 0.843. The molecule has 1 fully saturated rings. The zero-order valence-corrected chi connectivity index (χ0v) is 11.8. The van der Waals surface area contributed by atoms with Crippen LogP contribution < -0.4 is 4.90 Å². The second kappa shape index (κ2) is 7.21. The van der Waals surface area contributed by atoms with Crippen molar-refractivity contribution in [2.45, 2.75) is 6.92 Å². The SMILES string of the molecule is CCN(CCO)C(=O)c1ccc(N2CCOCC2)nc1. The number of carbonyl (C=O) groups is 1. The van der Waals surface area contributed by atoms with Crippen molar-refractivity contribution in [3.8, 4) is 0 Å². The van der Waals surface area contributed by atoms with Crippen LogP contribution in [0.4, 0.5) is 5.82 Å². The summed E-state index contributed by atoms with van der Waals surface area (Å²) in [6, 6.07) is 3.66. The predicted molar refractivity (Wildman–Crippen MR) is 75.9 cm³/mol. The molecule has 0 radical (unpaired) electrons. The van der Waals surface area contributed by atoms with Gasteiger partial charge in [-0.3, -0.25) is 4.79 Å². The van der Waals surface area contributed by atoms with Gasteiger partial charge in [-0.05, 0) is 19.1 Å². The largest absolute Gasteiger partial charge is 0.395 e. The molecule has 1 N–H and O–H groups in total. The highest BCUT2D eigenvalue weighted by atomic mass is 16.5. The Morgan fingerprint density at radius 1 is 1.45 bits per heavy atom. The van der Waals surface area contributed by atoms with Crippen LogP contribution >= 0.6 is 0 Å². The number of aliphatic hydroxyl groups excluding tert-OH is 1. The first kappa shape index (κ1) is 14.7. The molecule has 110 valence electrons. The van der Waals surface area contributed by atoms with Crippen molar-refractivity contribution in [3.63, 3.8) is 0 Å². The van der Waals surface area contributed by atoms with Crippen molar-refractivity contribution in [1.29, 1.82) is 0 Å². The van der Waals surface area contributed by atoms with Gasteiger partial charge < -0.3 is 19.6 Å². The molecule has 1 aromatic rings. The number of nitrogens with zero attached hydrogens (tertiary/aromatic N) is 3. The van der Waals surface area contributed by atoms with Crippen molar-refractivity contribution < 1.29 is 14.6 Å². The number of morpholine rings is 1. The Kier molecular flexibility index (Phi) is 5.31. The van der Waals surface area contributed by atoms with E-state index in [-0.39, 0.29) is 12.5 Å². The Hall–Kier alpha value is -1.66. The van der Waals surface area contributed by atoms with Crippen LogP contribution in [0.5, 0.6) is 0 Å². The maximum absolute atomic E-state index is 12.2. The van der Waals surface area contributed by atoms with Crippen molar-refractivity contribution in [2.24, 2.45) is 0 Å². The second-order valence-electron chi connectivity index (χ2n) is 4.61. The van der Waals surface area contributed by atoms with Gasteiger partial charge in [-0.1, -0.05) is 0 Å². The monoisotopic (exact) mass is 279 g/mol. The summed E-state index contributed by atoms with van der Waals surface area (Å²) >= 11 is 0. The number of aromatic nitrogens is 1. The summed E-state index contributed by atoms with van der Waals surface area (Å²) in [7, 11) is 0. The van der Waals surface area contributed by atoms with Gasteiger partial charge in [0.05, 0.1) is 25.4 Å². The molecular formula is C14H21N3O3. The molecule has 0 bridgehead atoms. The first-order valence-electron chi connectivity index (χ1n) is 6.95. The summed E-state index contributed by atoms with van der Waals surface area (Å²) in [5, 5.41) is 8.95. The summed E-state index contributed by atoms with van der Waals surface area (Å²) < 4.78 is 5.30. The minimum absolute atomic E-state index is 0.0289. The summed E-state index contributed by atoms with van der Waals surface area (Å²) in [6.07, 6.45) is 1.60. The molecule has 1 aromatic heterocycles. The summed E-state index contributed by atoms with van der Waals surface area (Å²) in [5.74, 6) is 0.776. The van der Waals surface area contributed by atoms with E-state index in [2.05, 4.69) is 9.88 Å². The molecule has 0 aliphatic carbocycles. The topological polar surface area (TPSA) is 65.9 Å². The van der Waals surface area contributed by atoms with E-state index in [0.717, 1.165) is 18.9 Å². The molecule has 20 heavy (non-hydrogen) atoms. The lowest BCUT2D eigenvalue weighted by Gasteiger charge is -2.28. The lowest BCUT2D eigenvalue weighted by Crippen LogP contribution is -2.37. The number of hydrogen-bond donors (Lipinski definition) is 1. The lowest BCUT2D eigenvalue weighted by molar-refractivity contribution is 0.0731. The van der Waals surface area contributed by atoms with Gasteiger partial charge in [0.1, 0.15) is 5.82 Å². The van der Waals surface area contributed by atoms with E-state index in [1.807, 2.05) is 13.0 Å². The van der Waals surface area contributed by atoms with Gasteiger partial charge in [0.2, 0.25) is 0 Å². The average Bonchev–Trinajstić information content (AvgIpc) is 2.53. The van der Waals surface area contributed by atoms with E-state index in [9.17, 15) is 4.79 Å². The van der Waals surface area contributed by atoms with E-state index in [4.69, 9.17) is 9.84 Å². The number of hydrogen-bond acceptors (Lipinski definition) is 5. The van der Waals surface area contributed by atoms with Gasteiger partial charge in [0.25, 0.3) is 5.91 Å². The van der Waals surface area contributed by atoms with Crippen molar-refractivity contribution in [3.05, 3.63) is 23.9 Å². The van der Waals surface area contributed by atoms with Crippen LogP contribution in [0, 0.1) is 0 Å². The minimum atomic E-state index is -0.0948. The molecule has 0 saturated carbocycles. The second-order valence-corrected chi connectivity index (χ2v) is 4.61. The summed E-state index contributed by atoms with van der Waals surface area (Å²) in [5.41, 5.74) is 0.553. The van der Waals surface area contributed by atoms with Gasteiger partial charge in [-0.15, -0.1) is 0 Å². The number of pyridine rings is 1. The highest BCUT2D eigenvalue weighted by molar-refractivity contribution is 5.94. The summed E-state index contributed by atoms with van der Waals surface area (Å²) in [4.78, 5) is 20.3. The summed E-state index contributed by atoms with van der Waals surface area (Å²) in [6.45, 7) is 5.86. The number of likely N-dealkylation sites (N-methyl/N-ethyl adjacent to an activating group) is 1. The maximum Gasteiger partial charge on any atom is 0.255 e. The van der Waals surface area contributed by atoms with Crippen LogP contribution in [0.2, 0.25) is 0 Å². The van der Waals surface area contributed by atoms with Gasteiger partial charge in [0, 0.05) is 32.4 Å². The van der Waals surface area contributed by atoms with Crippen LogP contribution in [0.25, 0.3) is 0 Å². The van der Waals surface area contributed by atoms with Crippen molar-refractivity contribution in [1.82, 2.24) is 9.88 Å². The van der Waals surface area contributed by atoms with Crippen LogP contribution in [0.1, 0.15) is 17.3 Å². The Bertz CT molecular complexity index is 430. The molecule has 1 amide bonds. The Morgan fingerprint density at radius 3 is 2.75 bits per heavy atom. The molecular weight excluding hydrogens is 258 g/mol. The van der Waals surface area contributed by atoms with Crippen LogP contribution in [0.3, 0.4) is 0 Å². The number of anilines is 1. The fraction of sp³-hybridized carbons (Fsp3) is 0.571. The number of ether oxygens (including phenoxy) is 1. The van der Waals surface area contributed by atoms with Crippen molar-refractivity contribution >= 4 is 11.7 Å². The zero-order chi connectivity index (χ0) is 14.4. The van der Waals surface area contributed by atoms with Crippen molar-refractivity contribution in [2.75, 3.05) is 50.9 Å². The van der Waals surface area contributed by atoms with Crippen LogP contribution in [-0.4, -0.2) is 66.9 Å². The molecule has 1 aliphatic heterocycles. The molecule has 2 heterocycles. The minimum Gasteiger partial charge on any atom is -0.395 e. The zero-order valence-electron chi connectivity index (χ0n) is 11.8. The van der Waals surface area contributed by atoms with Gasteiger partial charge in [-0.25, -0.2) is 4.98 Å². The third kappa shape index (κ3) is 3.46. The fourth-order valence-electron chi connectivity index (χ4n) is 2.20. The first-order chi connectivity index (χ1) is 9.76. The molecule has 0 aromatic carbocycles. The Morgan fingerprint density at radius 2 is 2.20 bits per heavy atom. The normalized spacial score (nSPS) is 15.2. The molecule has 6 heteroatoms. The highest BCUT2D eigenvalue weighted by Crippen LogP contribution is 2.14. The molecule has 2 rings (SSSR count). The highest BCUT2D eigenvalue weighted by Gasteiger charge is 2.16. The maximum atomic E-state index is 12.2.